The van der Waals surface area contributed by atoms with E-state index >= 15 is 0 Å². The maximum Gasteiger partial charge on any atom is 0.0599 e. The first-order chi connectivity index (χ1) is 6.72. The number of hydrogen-bond donors (Lipinski definition) is 1. The summed E-state index contributed by atoms with van der Waals surface area (Å²) in [5.41, 5.74) is 0. The second kappa shape index (κ2) is 4.17. The molecule has 2 aliphatic rings. The highest BCUT2D eigenvalue weighted by Crippen LogP contribution is 2.31. The molecule has 82 valence electrons. The van der Waals surface area contributed by atoms with Crippen molar-refractivity contribution >= 4 is 0 Å². The van der Waals surface area contributed by atoms with Crippen molar-refractivity contribution < 1.29 is 5.11 Å². The molecular weight excluding hydrogens is 176 g/mol. The molecule has 0 amide bonds. The second-order valence-corrected chi connectivity index (χ2v) is 4.88. The van der Waals surface area contributed by atoms with Gasteiger partial charge in [-0.15, -0.1) is 0 Å². The molecule has 2 unspecified atom stereocenters. The van der Waals surface area contributed by atoms with Gasteiger partial charge in [-0.05, 0) is 39.8 Å². The maximum atomic E-state index is 9.32. The fourth-order valence-electron chi connectivity index (χ4n) is 2.41. The van der Waals surface area contributed by atoms with Gasteiger partial charge in [0.2, 0.25) is 0 Å². The minimum absolute atomic E-state index is 0.298. The molecule has 1 heterocycles. The Hall–Kier alpha value is -0.120. The normalized spacial score (nSPS) is 37.1. The van der Waals surface area contributed by atoms with Crippen molar-refractivity contribution in [2.24, 2.45) is 0 Å². The Morgan fingerprint density at radius 2 is 2.00 bits per heavy atom. The number of likely N-dealkylation sites (N-methyl/N-ethyl adjacent to an activating group) is 1. The number of aliphatic hydroxyl groups excluding tert-OH is 1. The summed E-state index contributed by atoms with van der Waals surface area (Å²) >= 11 is 0. The molecule has 1 saturated heterocycles. The van der Waals surface area contributed by atoms with Gasteiger partial charge in [-0.25, -0.2) is 0 Å². The van der Waals surface area contributed by atoms with Gasteiger partial charge in [0.05, 0.1) is 6.61 Å². The molecule has 0 spiro atoms. The molecule has 1 N–H and O–H groups in total. The van der Waals surface area contributed by atoms with Crippen LogP contribution in [0.2, 0.25) is 0 Å². The highest BCUT2D eigenvalue weighted by molar-refractivity contribution is 4.92. The molecule has 14 heavy (non-hydrogen) atoms. The first-order valence-electron chi connectivity index (χ1n) is 5.79. The monoisotopic (exact) mass is 198 g/mol. The van der Waals surface area contributed by atoms with Crippen molar-refractivity contribution in [3.8, 4) is 0 Å². The zero-order valence-electron chi connectivity index (χ0n) is 9.32. The van der Waals surface area contributed by atoms with Crippen molar-refractivity contribution in [1.82, 2.24) is 9.80 Å². The minimum atomic E-state index is 0.298. The summed E-state index contributed by atoms with van der Waals surface area (Å²) < 4.78 is 0. The molecule has 0 aromatic heterocycles. The van der Waals surface area contributed by atoms with Gasteiger partial charge < -0.3 is 5.11 Å². The Morgan fingerprint density at radius 3 is 2.57 bits per heavy atom. The van der Waals surface area contributed by atoms with Gasteiger partial charge in [0.25, 0.3) is 0 Å². The predicted molar refractivity (Wildman–Crippen MR) is 57.3 cm³/mol. The predicted octanol–water partition coefficient (Wildman–Crippen LogP) is 0.536. The Bertz CT molecular complexity index is 194. The van der Waals surface area contributed by atoms with Gasteiger partial charge in [-0.2, -0.15) is 0 Å². The molecular formula is C11H22N2O. The second-order valence-electron chi connectivity index (χ2n) is 4.88. The summed E-state index contributed by atoms with van der Waals surface area (Å²) in [6.45, 7) is 4.80. The topological polar surface area (TPSA) is 26.7 Å². The van der Waals surface area contributed by atoms with Crippen molar-refractivity contribution in [3.63, 3.8) is 0 Å². The van der Waals surface area contributed by atoms with Crippen LogP contribution in [0.4, 0.5) is 0 Å². The van der Waals surface area contributed by atoms with Crippen LogP contribution in [0.5, 0.6) is 0 Å². The summed E-state index contributed by atoms with van der Waals surface area (Å²) in [7, 11) is 2.13. The Morgan fingerprint density at radius 1 is 1.29 bits per heavy atom. The van der Waals surface area contributed by atoms with E-state index in [-0.39, 0.29) is 0 Å². The lowest BCUT2D eigenvalue weighted by atomic mass is 10.2. The number of rotatable bonds is 2. The minimum Gasteiger partial charge on any atom is -0.395 e. The summed E-state index contributed by atoms with van der Waals surface area (Å²) in [4.78, 5) is 4.91. The van der Waals surface area contributed by atoms with E-state index in [0.29, 0.717) is 18.7 Å². The van der Waals surface area contributed by atoms with E-state index in [1.165, 1.54) is 19.3 Å². The summed E-state index contributed by atoms with van der Waals surface area (Å²) in [5.74, 6) is 0. The van der Waals surface area contributed by atoms with Crippen LogP contribution in [0.3, 0.4) is 0 Å². The van der Waals surface area contributed by atoms with Crippen LogP contribution >= 0.6 is 0 Å². The van der Waals surface area contributed by atoms with E-state index in [4.69, 9.17) is 0 Å². The van der Waals surface area contributed by atoms with Crippen molar-refractivity contribution in [2.75, 3.05) is 26.7 Å². The van der Waals surface area contributed by atoms with E-state index in [1.54, 1.807) is 0 Å². The fourth-order valence-corrected chi connectivity index (χ4v) is 2.41. The van der Waals surface area contributed by atoms with Crippen molar-refractivity contribution in [3.05, 3.63) is 0 Å². The lowest BCUT2D eigenvalue weighted by molar-refractivity contribution is 0.119. The zero-order valence-corrected chi connectivity index (χ0v) is 9.32. The van der Waals surface area contributed by atoms with Crippen LogP contribution in [0.25, 0.3) is 0 Å². The molecule has 1 saturated carbocycles. The molecule has 3 nitrogen and oxygen atoms in total. The smallest absolute Gasteiger partial charge is 0.0599 e. The van der Waals surface area contributed by atoms with Gasteiger partial charge in [0, 0.05) is 24.7 Å². The zero-order chi connectivity index (χ0) is 10.1. The standard InChI is InChI=1S/C11H22N2O/c1-9-5-6-12(2)11(8-14)7-13(9)10-3-4-10/h9-11,14H,3-8H2,1-2H3. The third-order valence-corrected chi connectivity index (χ3v) is 3.74. The third-order valence-electron chi connectivity index (χ3n) is 3.74. The Balaban J connectivity index is 2.01. The molecule has 1 aliphatic carbocycles. The molecule has 0 aromatic carbocycles. The van der Waals surface area contributed by atoms with Crippen LogP contribution in [-0.4, -0.2) is 59.8 Å². The number of nitrogens with zero attached hydrogens (tertiary/aromatic N) is 2. The fraction of sp³-hybridized carbons (Fsp3) is 1.00. The first-order valence-corrected chi connectivity index (χ1v) is 5.79. The molecule has 2 rings (SSSR count). The first kappa shape index (κ1) is 10.4. The quantitative estimate of drug-likeness (QED) is 0.701. The van der Waals surface area contributed by atoms with E-state index in [1.807, 2.05) is 0 Å². The van der Waals surface area contributed by atoms with E-state index < -0.39 is 0 Å². The lowest BCUT2D eigenvalue weighted by Gasteiger charge is -2.29. The maximum absolute atomic E-state index is 9.32. The van der Waals surface area contributed by atoms with Gasteiger partial charge in [0.15, 0.2) is 0 Å². The molecule has 3 heteroatoms. The summed E-state index contributed by atoms with van der Waals surface area (Å²) in [6, 6.07) is 1.87. The highest BCUT2D eigenvalue weighted by Gasteiger charge is 2.35. The van der Waals surface area contributed by atoms with Crippen molar-refractivity contribution in [1.29, 1.82) is 0 Å². The van der Waals surface area contributed by atoms with Crippen LogP contribution in [0, 0.1) is 0 Å². The SMILES string of the molecule is CC1CCN(C)C(CO)CN1C1CC1. The molecule has 0 radical (unpaired) electrons. The molecule has 0 aromatic rings. The summed E-state index contributed by atoms with van der Waals surface area (Å²) in [5, 5.41) is 9.32. The number of aliphatic hydroxyl groups is 1. The molecule has 0 bridgehead atoms. The Labute approximate surface area is 86.7 Å². The molecule has 2 atom stereocenters. The van der Waals surface area contributed by atoms with E-state index in [0.717, 1.165) is 19.1 Å². The molecule has 1 aliphatic heterocycles. The average Bonchev–Trinajstić information content (AvgIpc) is 2.97. The van der Waals surface area contributed by atoms with Gasteiger partial charge in [-0.1, -0.05) is 0 Å². The van der Waals surface area contributed by atoms with Gasteiger partial charge in [-0.3, -0.25) is 9.80 Å². The van der Waals surface area contributed by atoms with Crippen LogP contribution in [-0.2, 0) is 0 Å². The number of hydrogen-bond acceptors (Lipinski definition) is 3. The third kappa shape index (κ3) is 2.10. The van der Waals surface area contributed by atoms with E-state index in [2.05, 4.69) is 23.8 Å². The lowest BCUT2D eigenvalue weighted by Crippen LogP contribution is -2.43. The van der Waals surface area contributed by atoms with Crippen LogP contribution in [0.1, 0.15) is 26.2 Å². The van der Waals surface area contributed by atoms with Crippen molar-refractivity contribution in [2.45, 2.75) is 44.3 Å². The molecule has 2 fully saturated rings. The summed E-state index contributed by atoms with van der Waals surface area (Å²) in [6.07, 6.45) is 3.97. The van der Waals surface area contributed by atoms with E-state index in [9.17, 15) is 5.11 Å². The van der Waals surface area contributed by atoms with Gasteiger partial charge in [0.1, 0.15) is 0 Å². The average molecular weight is 198 g/mol. The largest absolute Gasteiger partial charge is 0.395 e. The van der Waals surface area contributed by atoms with Crippen LogP contribution in [0.15, 0.2) is 0 Å². The highest BCUT2D eigenvalue weighted by atomic mass is 16.3. The Kier molecular flexibility index (Phi) is 3.10. The van der Waals surface area contributed by atoms with Gasteiger partial charge >= 0.3 is 0 Å². The van der Waals surface area contributed by atoms with Crippen LogP contribution < -0.4 is 0 Å².